The van der Waals surface area contributed by atoms with Crippen LogP contribution in [-0.2, 0) is 19.8 Å². The number of nitrogens with one attached hydrogen (secondary N) is 2. The van der Waals surface area contributed by atoms with Crippen molar-refractivity contribution in [2.24, 2.45) is 17.0 Å². The Morgan fingerprint density at radius 3 is 2.74 bits per heavy atom. The van der Waals surface area contributed by atoms with E-state index in [2.05, 4.69) is 10.0 Å². The molecule has 6 atom stereocenters. The number of thioether (sulfide) groups is 1. The van der Waals surface area contributed by atoms with Gasteiger partial charge in [0.05, 0.1) is 18.1 Å². The molecule has 0 aromatic heterocycles. The molecule has 0 saturated carbocycles. The summed E-state index contributed by atoms with van der Waals surface area (Å²) in [6.45, 7) is 4.17. The van der Waals surface area contributed by atoms with Gasteiger partial charge in [-0.15, -0.1) is 11.8 Å². The maximum atomic E-state index is 12.3. The number of aliphatic hydroxyl groups excluding tert-OH is 1. The molecule has 3 aliphatic rings. The molecule has 0 spiro atoms. The van der Waals surface area contributed by atoms with E-state index in [1.807, 2.05) is 6.92 Å². The molecule has 1 amide bonds. The van der Waals surface area contributed by atoms with Crippen LogP contribution < -0.4 is 15.2 Å². The lowest BCUT2D eigenvalue weighted by molar-refractivity contribution is -0.163. The van der Waals surface area contributed by atoms with Gasteiger partial charge in [-0.3, -0.25) is 4.79 Å². The van der Waals surface area contributed by atoms with Gasteiger partial charge in [0.2, 0.25) is 5.91 Å². The molecular weight excluding hydrogens is 396 g/mol. The molecule has 0 aromatic carbocycles. The number of amides is 1. The second-order valence-electron chi connectivity index (χ2n) is 7.25. The van der Waals surface area contributed by atoms with Crippen molar-refractivity contribution in [2.45, 2.75) is 43.7 Å². The van der Waals surface area contributed by atoms with Crippen LogP contribution in [0.25, 0.3) is 0 Å². The molecule has 6 N–H and O–H groups in total. The molecule has 1 unspecified atom stereocenters. The number of carboxylic acids is 1. The highest BCUT2D eigenvalue weighted by molar-refractivity contribution is 8.03. The quantitative estimate of drug-likeness (QED) is 0.308. The molecule has 152 valence electrons. The van der Waals surface area contributed by atoms with Crippen molar-refractivity contribution in [2.75, 3.05) is 13.1 Å². The molecule has 27 heavy (non-hydrogen) atoms. The van der Waals surface area contributed by atoms with Crippen LogP contribution in [0.4, 0.5) is 0 Å². The highest BCUT2D eigenvalue weighted by Gasteiger charge is 2.60. The van der Waals surface area contributed by atoms with Crippen LogP contribution in [0.15, 0.2) is 10.6 Å². The number of carboxylic acid groups (broad SMARTS) is 1. The smallest absolute Gasteiger partial charge is 0.353 e. The van der Waals surface area contributed by atoms with Crippen LogP contribution in [0, 0.1) is 11.8 Å². The van der Waals surface area contributed by atoms with E-state index in [1.165, 1.54) is 16.7 Å². The largest absolute Gasteiger partial charge is 0.477 e. The Balaban J connectivity index is 1.71. The Hall–Kier alpha value is -1.18. The molecule has 2 saturated heterocycles. The highest BCUT2D eigenvalue weighted by atomic mass is 32.2. The molecule has 0 aromatic rings. The summed E-state index contributed by atoms with van der Waals surface area (Å²) < 4.78 is 24.3. The summed E-state index contributed by atoms with van der Waals surface area (Å²) in [5.74, 6) is -2.27. The van der Waals surface area contributed by atoms with Gasteiger partial charge in [0.15, 0.2) is 0 Å². The average Bonchev–Trinajstić information content (AvgIpc) is 3.07. The topological polar surface area (TPSA) is 162 Å². The van der Waals surface area contributed by atoms with Gasteiger partial charge in [0.1, 0.15) is 5.70 Å². The van der Waals surface area contributed by atoms with E-state index in [-0.39, 0.29) is 41.4 Å². The van der Waals surface area contributed by atoms with Crippen molar-refractivity contribution in [1.29, 1.82) is 0 Å². The first-order valence-electron chi connectivity index (χ1n) is 8.67. The summed E-state index contributed by atoms with van der Waals surface area (Å²) in [5, 5.41) is 27.7. The number of carbonyl (C=O) groups is 2. The Bertz CT molecular complexity index is 783. The number of hydrogen-bond acceptors (Lipinski definition) is 7. The normalized spacial score (nSPS) is 34.6. The fourth-order valence-corrected chi connectivity index (χ4v) is 6.05. The maximum absolute atomic E-state index is 12.3. The highest BCUT2D eigenvalue weighted by Crippen LogP contribution is 2.51. The number of β-lactam (4-membered cyclic amide) rings is 1. The van der Waals surface area contributed by atoms with Crippen molar-refractivity contribution >= 4 is 33.8 Å². The standard InChI is InChI=1S/C15H24N4O6S2/c1-6-11-10(7(2)20)14(21)19(11)12(15(22)23)13(6)26-9-3-8(17-5-9)4-18-27(16,24)25/h6-11,17-18,20H,3-5H2,1-2H3,(H,22,23)(H2,16,24,25)/t6-,7-,8+,9-,10?,11-/m1/s1. The Kier molecular flexibility index (Phi) is 5.58. The third-order valence-corrected chi connectivity index (χ3v) is 7.40. The summed E-state index contributed by atoms with van der Waals surface area (Å²) in [5.41, 5.74) is 0.00510. The van der Waals surface area contributed by atoms with Crippen LogP contribution in [-0.4, -0.2) is 71.9 Å². The fourth-order valence-electron chi connectivity index (χ4n) is 4.10. The monoisotopic (exact) mass is 420 g/mol. The molecule has 12 heteroatoms. The van der Waals surface area contributed by atoms with Gasteiger partial charge in [-0.25, -0.2) is 14.7 Å². The lowest BCUT2D eigenvalue weighted by Gasteiger charge is -2.46. The number of rotatable bonds is 7. The number of nitrogens with zero attached hydrogens (tertiary/aromatic N) is 1. The van der Waals surface area contributed by atoms with Crippen LogP contribution >= 0.6 is 11.8 Å². The second kappa shape index (κ2) is 7.33. The molecule has 3 aliphatic heterocycles. The maximum Gasteiger partial charge on any atom is 0.353 e. The summed E-state index contributed by atoms with van der Waals surface area (Å²) in [6, 6.07) is -0.435. The van der Waals surface area contributed by atoms with Gasteiger partial charge in [0, 0.05) is 35.2 Å². The summed E-state index contributed by atoms with van der Waals surface area (Å²) in [4.78, 5) is 26.1. The van der Waals surface area contributed by atoms with Crippen molar-refractivity contribution in [1.82, 2.24) is 14.9 Å². The first-order chi connectivity index (χ1) is 12.5. The summed E-state index contributed by atoms with van der Waals surface area (Å²) in [7, 11) is -3.76. The van der Waals surface area contributed by atoms with Crippen LogP contribution in [0.3, 0.4) is 0 Å². The molecule has 0 aliphatic carbocycles. The molecule has 0 bridgehead atoms. The van der Waals surface area contributed by atoms with Crippen molar-refractivity contribution < 1.29 is 28.2 Å². The van der Waals surface area contributed by atoms with Gasteiger partial charge in [0.25, 0.3) is 10.2 Å². The van der Waals surface area contributed by atoms with Crippen molar-refractivity contribution in [3.05, 3.63) is 10.6 Å². The predicted molar refractivity (Wildman–Crippen MR) is 98.5 cm³/mol. The van der Waals surface area contributed by atoms with E-state index in [4.69, 9.17) is 5.14 Å². The van der Waals surface area contributed by atoms with Gasteiger partial charge < -0.3 is 20.4 Å². The minimum atomic E-state index is -3.76. The zero-order valence-corrected chi connectivity index (χ0v) is 16.6. The molecule has 3 heterocycles. The first-order valence-corrected chi connectivity index (χ1v) is 11.1. The van der Waals surface area contributed by atoms with E-state index >= 15 is 0 Å². The lowest BCUT2D eigenvalue weighted by atomic mass is 9.79. The van der Waals surface area contributed by atoms with Crippen LogP contribution in [0.5, 0.6) is 0 Å². The Morgan fingerprint density at radius 1 is 1.52 bits per heavy atom. The molecule has 10 nitrogen and oxygen atoms in total. The molecule has 2 fully saturated rings. The van der Waals surface area contributed by atoms with E-state index in [0.717, 1.165) is 0 Å². The zero-order valence-electron chi connectivity index (χ0n) is 15.0. The van der Waals surface area contributed by atoms with Gasteiger partial charge in [-0.05, 0) is 13.3 Å². The third-order valence-electron chi connectivity index (χ3n) is 5.32. The van der Waals surface area contributed by atoms with Gasteiger partial charge in [-0.1, -0.05) is 6.92 Å². The average molecular weight is 421 g/mol. The third kappa shape index (κ3) is 3.87. The van der Waals surface area contributed by atoms with E-state index in [1.54, 1.807) is 6.92 Å². The zero-order chi connectivity index (χ0) is 20.1. The predicted octanol–water partition coefficient (Wildman–Crippen LogP) is -1.60. The number of aliphatic hydroxyl groups is 1. The minimum absolute atomic E-state index is 0.00510. The number of nitrogens with two attached hydrogens (primary N) is 1. The Morgan fingerprint density at radius 2 is 2.19 bits per heavy atom. The van der Waals surface area contributed by atoms with Crippen molar-refractivity contribution in [3.63, 3.8) is 0 Å². The second-order valence-corrected chi connectivity index (χ2v) is 9.97. The van der Waals surface area contributed by atoms with Gasteiger partial charge in [-0.2, -0.15) is 8.42 Å². The fraction of sp³-hybridized carbons (Fsp3) is 0.733. The summed E-state index contributed by atoms with van der Waals surface area (Å²) in [6.07, 6.45) is -0.197. The number of carbonyl (C=O) groups excluding carboxylic acids is 1. The van der Waals surface area contributed by atoms with E-state index < -0.39 is 28.2 Å². The van der Waals surface area contributed by atoms with Crippen LogP contribution in [0.2, 0.25) is 0 Å². The molecule has 3 rings (SSSR count). The van der Waals surface area contributed by atoms with E-state index in [0.29, 0.717) is 17.9 Å². The number of hydrogen-bond donors (Lipinski definition) is 5. The first kappa shape index (κ1) is 20.6. The SMILES string of the molecule is C[C@@H](O)C1C(=O)N2C(C(=O)O)=C(S[C@H]3CN[C@H](CNS(N)(=O)=O)C3)[C@H](C)[C@H]12. The van der Waals surface area contributed by atoms with Gasteiger partial charge >= 0.3 is 5.97 Å². The molecular formula is C15H24N4O6S2. The summed E-state index contributed by atoms with van der Waals surface area (Å²) >= 11 is 1.41. The van der Waals surface area contributed by atoms with Crippen LogP contribution in [0.1, 0.15) is 20.3 Å². The number of fused-ring (bicyclic) bond motifs is 1. The Labute approximate surface area is 161 Å². The minimum Gasteiger partial charge on any atom is -0.477 e. The number of aliphatic carboxylic acids is 1. The van der Waals surface area contributed by atoms with Crippen molar-refractivity contribution in [3.8, 4) is 0 Å². The van der Waals surface area contributed by atoms with E-state index in [9.17, 15) is 28.2 Å². The molecule has 0 radical (unpaired) electrons. The lowest BCUT2D eigenvalue weighted by Crippen LogP contribution is -2.63.